The highest BCUT2D eigenvalue weighted by Gasteiger charge is 2.64. The Morgan fingerprint density at radius 1 is 1.28 bits per heavy atom. The van der Waals surface area contributed by atoms with Gasteiger partial charge in [-0.1, -0.05) is 12.2 Å². The molecule has 2 atom stereocenters. The molecule has 0 radical (unpaired) electrons. The fraction of sp³-hybridized carbons (Fsp3) is 0.389. The number of aliphatic hydroxyl groups is 1. The van der Waals surface area contributed by atoms with Crippen molar-refractivity contribution in [3.63, 3.8) is 0 Å². The molecule has 0 amide bonds. The van der Waals surface area contributed by atoms with E-state index in [-0.39, 0.29) is 32.0 Å². The Balaban J connectivity index is 1.88. The summed E-state index contributed by atoms with van der Waals surface area (Å²) in [6.07, 6.45) is 3.51. The van der Waals surface area contributed by atoms with Crippen LogP contribution in [0.4, 0.5) is 0 Å². The second-order valence-electron chi connectivity index (χ2n) is 6.18. The van der Waals surface area contributed by atoms with Crippen LogP contribution in [0.2, 0.25) is 0 Å². The molecule has 130 valence electrons. The summed E-state index contributed by atoms with van der Waals surface area (Å²) < 4.78 is 15.8. The highest BCUT2D eigenvalue weighted by atomic mass is 16.7. The molecule has 1 aromatic rings. The van der Waals surface area contributed by atoms with Gasteiger partial charge in [-0.25, -0.2) is 4.99 Å². The predicted molar refractivity (Wildman–Crippen MR) is 86.5 cm³/mol. The largest absolute Gasteiger partial charge is 0.465 e. The van der Waals surface area contributed by atoms with Gasteiger partial charge < -0.3 is 19.3 Å². The number of hydrogen-bond acceptors (Lipinski definition) is 7. The molecule has 1 aromatic carbocycles. The van der Waals surface area contributed by atoms with E-state index in [2.05, 4.69) is 4.99 Å². The molecule has 0 fully saturated rings. The van der Waals surface area contributed by atoms with Crippen molar-refractivity contribution in [1.29, 1.82) is 0 Å². The van der Waals surface area contributed by atoms with E-state index in [1.165, 1.54) is 0 Å². The second-order valence-corrected chi connectivity index (χ2v) is 6.18. The SMILES string of the molecule is CCOC(=O)[C@]12CC=CC[C@](O)(N=C1c1ccc3c(c1)OCO3)C2=O. The van der Waals surface area contributed by atoms with E-state index in [1.54, 1.807) is 37.3 Å². The number of ketones is 1. The number of esters is 1. The van der Waals surface area contributed by atoms with Crippen LogP contribution >= 0.6 is 0 Å². The molecule has 0 saturated carbocycles. The zero-order valence-electron chi connectivity index (χ0n) is 13.7. The highest BCUT2D eigenvalue weighted by molar-refractivity contribution is 6.34. The molecular formula is C18H17NO6. The normalized spacial score (nSPS) is 29.4. The summed E-state index contributed by atoms with van der Waals surface area (Å²) in [6, 6.07) is 5.06. The van der Waals surface area contributed by atoms with E-state index in [4.69, 9.17) is 14.2 Å². The Morgan fingerprint density at radius 2 is 2.04 bits per heavy atom. The number of hydrogen-bond donors (Lipinski definition) is 1. The van der Waals surface area contributed by atoms with Gasteiger partial charge in [0, 0.05) is 12.0 Å². The molecule has 3 aliphatic rings. The predicted octanol–water partition coefficient (Wildman–Crippen LogP) is 1.38. The minimum atomic E-state index is -1.95. The molecule has 1 aliphatic carbocycles. The maximum absolute atomic E-state index is 13.0. The third-order valence-corrected chi connectivity index (χ3v) is 4.72. The van der Waals surface area contributed by atoms with Gasteiger partial charge in [-0.15, -0.1) is 0 Å². The standard InChI is InChI=1S/C18H17NO6/c1-2-23-16(21)17-7-3-4-8-18(22,15(17)20)19-14(17)11-5-6-12-13(9-11)25-10-24-12/h3-6,9,22H,2,7-8,10H2,1H3/t17-,18-/m1/s1. The number of ether oxygens (including phenoxy) is 3. The van der Waals surface area contributed by atoms with Gasteiger partial charge in [-0.2, -0.15) is 0 Å². The molecule has 2 bridgehead atoms. The number of nitrogens with zero attached hydrogens (tertiary/aromatic N) is 1. The molecule has 0 unspecified atom stereocenters. The van der Waals surface area contributed by atoms with E-state index in [0.717, 1.165) is 0 Å². The van der Waals surface area contributed by atoms with Crippen molar-refractivity contribution in [3.8, 4) is 11.5 Å². The van der Waals surface area contributed by atoms with Crippen LogP contribution in [0.5, 0.6) is 11.5 Å². The lowest BCUT2D eigenvalue weighted by molar-refractivity contribution is -0.159. The topological polar surface area (TPSA) is 94.4 Å². The van der Waals surface area contributed by atoms with Crippen molar-refractivity contribution < 1.29 is 28.9 Å². The smallest absolute Gasteiger partial charge is 0.326 e. The summed E-state index contributed by atoms with van der Waals surface area (Å²) in [7, 11) is 0. The van der Waals surface area contributed by atoms with Gasteiger partial charge in [0.2, 0.25) is 18.3 Å². The lowest BCUT2D eigenvalue weighted by Crippen LogP contribution is -2.49. The van der Waals surface area contributed by atoms with Crippen molar-refractivity contribution in [2.24, 2.45) is 10.4 Å². The summed E-state index contributed by atoms with van der Waals surface area (Å²) in [6.45, 7) is 1.91. The van der Waals surface area contributed by atoms with Crippen LogP contribution in [0.1, 0.15) is 25.3 Å². The first-order valence-electron chi connectivity index (χ1n) is 8.11. The molecule has 0 saturated heterocycles. The van der Waals surface area contributed by atoms with E-state index in [0.29, 0.717) is 17.1 Å². The van der Waals surface area contributed by atoms with E-state index >= 15 is 0 Å². The van der Waals surface area contributed by atoms with E-state index < -0.39 is 22.9 Å². The molecule has 2 heterocycles. The third-order valence-electron chi connectivity index (χ3n) is 4.72. The number of allylic oxidation sites excluding steroid dienone is 1. The maximum atomic E-state index is 13.0. The van der Waals surface area contributed by atoms with Crippen molar-refractivity contribution in [2.75, 3.05) is 13.4 Å². The Morgan fingerprint density at radius 3 is 2.84 bits per heavy atom. The van der Waals surface area contributed by atoms with Gasteiger partial charge in [0.15, 0.2) is 16.9 Å². The lowest BCUT2D eigenvalue weighted by Gasteiger charge is -2.26. The van der Waals surface area contributed by atoms with Crippen LogP contribution < -0.4 is 9.47 Å². The number of fused-ring (bicyclic) bond motifs is 3. The van der Waals surface area contributed by atoms with Crippen LogP contribution in [-0.2, 0) is 14.3 Å². The summed E-state index contributed by atoms with van der Waals surface area (Å²) in [5.41, 5.74) is -2.87. The minimum absolute atomic E-state index is 0.0288. The van der Waals surface area contributed by atoms with Crippen LogP contribution in [0.15, 0.2) is 35.3 Å². The Hall–Kier alpha value is -2.67. The summed E-state index contributed by atoms with van der Waals surface area (Å²) in [5.74, 6) is -0.249. The molecule has 1 N–H and O–H groups in total. The van der Waals surface area contributed by atoms with Crippen molar-refractivity contribution in [1.82, 2.24) is 0 Å². The molecule has 25 heavy (non-hydrogen) atoms. The monoisotopic (exact) mass is 343 g/mol. The summed E-state index contributed by atoms with van der Waals surface area (Å²) in [4.78, 5) is 30.1. The quantitative estimate of drug-likeness (QED) is 0.506. The molecule has 0 spiro atoms. The number of benzene rings is 1. The molecule has 2 aliphatic heterocycles. The van der Waals surface area contributed by atoms with Crippen LogP contribution in [-0.4, -0.2) is 41.7 Å². The number of carbonyl (C=O) groups is 2. The number of aliphatic imine (C=N–C) groups is 1. The van der Waals surface area contributed by atoms with E-state index in [1.807, 2.05) is 0 Å². The fourth-order valence-corrected chi connectivity index (χ4v) is 3.50. The highest BCUT2D eigenvalue weighted by Crippen LogP contribution is 2.46. The lowest BCUT2D eigenvalue weighted by atomic mass is 9.74. The van der Waals surface area contributed by atoms with Gasteiger partial charge >= 0.3 is 5.97 Å². The molecule has 7 nitrogen and oxygen atoms in total. The van der Waals surface area contributed by atoms with Gasteiger partial charge in [0.25, 0.3) is 0 Å². The fourth-order valence-electron chi connectivity index (χ4n) is 3.50. The van der Waals surface area contributed by atoms with Crippen molar-refractivity contribution >= 4 is 17.5 Å². The molecule has 0 aromatic heterocycles. The van der Waals surface area contributed by atoms with Gasteiger partial charge in [0.05, 0.1) is 12.3 Å². The molecular weight excluding hydrogens is 326 g/mol. The first-order chi connectivity index (χ1) is 12.0. The summed E-state index contributed by atoms with van der Waals surface area (Å²) in [5, 5.41) is 10.7. The first-order valence-corrected chi connectivity index (χ1v) is 8.11. The average molecular weight is 343 g/mol. The minimum Gasteiger partial charge on any atom is -0.465 e. The number of Topliss-reactive ketones (excluding diaryl/α,β-unsaturated/α-hetero) is 1. The number of carbonyl (C=O) groups excluding carboxylic acids is 2. The van der Waals surface area contributed by atoms with Crippen molar-refractivity contribution in [2.45, 2.75) is 25.5 Å². The van der Waals surface area contributed by atoms with E-state index in [9.17, 15) is 14.7 Å². The third kappa shape index (κ3) is 2.12. The van der Waals surface area contributed by atoms with Gasteiger partial charge in [0.1, 0.15) is 0 Å². The molecule has 7 heteroatoms. The molecule has 4 rings (SSSR count). The zero-order valence-corrected chi connectivity index (χ0v) is 13.7. The van der Waals surface area contributed by atoms with Crippen LogP contribution in [0.3, 0.4) is 0 Å². The average Bonchev–Trinajstić information content (AvgIpc) is 3.10. The van der Waals surface area contributed by atoms with Crippen LogP contribution in [0, 0.1) is 5.41 Å². The van der Waals surface area contributed by atoms with Crippen molar-refractivity contribution in [3.05, 3.63) is 35.9 Å². The van der Waals surface area contributed by atoms with Gasteiger partial charge in [-0.05, 0) is 31.5 Å². The summed E-state index contributed by atoms with van der Waals surface area (Å²) >= 11 is 0. The first kappa shape index (κ1) is 15.8. The zero-order chi connectivity index (χ0) is 17.7. The Labute approximate surface area is 143 Å². The van der Waals surface area contributed by atoms with Crippen LogP contribution in [0.25, 0.3) is 0 Å². The second kappa shape index (κ2) is 5.42. The Bertz CT molecular complexity index is 829. The number of rotatable bonds is 3. The Kier molecular flexibility index (Phi) is 3.43. The maximum Gasteiger partial charge on any atom is 0.326 e. The van der Waals surface area contributed by atoms with Gasteiger partial charge in [-0.3, -0.25) is 9.59 Å².